The van der Waals surface area contributed by atoms with E-state index in [1.54, 1.807) is 32.9 Å². The zero-order valence-electron chi connectivity index (χ0n) is 55.2. The fraction of sp³-hybridized carbons (Fsp3) is 0.768. The van der Waals surface area contributed by atoms with Gasteiger partial charge in [0.1, 0.15) is 0 Å². The van der Waals surface area contributed by atoms with Crippen LogP contribution in [0.2, 0.25) is 0 Å². The number of rotatable bonds is 43. The highest BCUT2D eigenvalue weighted by Crippen LogP contribution is 2.64. The number of thiophene rings is 4. The predicted molar refractivity (Wildman–Crippen MR) is 363 cm³/mol. The van der Waals surface area contributed by atoms with E-state index in [4.69, 9.17) is 14.2 Å². The van der Waals surface area contributed by atoms with Crippen LogP contribution in [0, 0.1) is 0 Å². The molecule has 4 aromatic rings. The van der Waals surface area contributed by atoms with E-state index in [-0.39, 0.29) is 21.7 Å². The average molecular weight is 1210 g/mol. The van der Waals surface area contributed by atoms with Crippen LogP contribution in [0.15, 0.2) is 24.3 Å². The molecule has 1 unspecified atom stereocenters. The summed E-state index contributed by atoms with van der Waals surface area (Å²) in [7, 11) is 19.5. The smallest absolute Gasteiger partial charge is 0.0700 e. The van der Waals surface area contributed by atoms with Crippen molar-refractivity contribution < 1.29 is 14.2 Å². The molecule has 4 heterocycles. The van der Waals surface area contributed by atoms with Gasteiger partial charge < -0.3 is 43.6 Å². The summed E-state index contributed by atoms with van der Waals surface area (Å²) in [4.78, 5) is 27.0. The summed E-state index contributed by atoms with van der Waals surface area (Å²) < 4.78 is 18.3. The van der Waals surface area contributed by atoms with E-state index in [1.165, 1.54) is 165 Å². The van der Waals surface area contributed by atoms with Crippen molar-refractivity contribution in [2.75, 3.05) is 162 Å². The summed E-state index contributed by atoms with van der Waals surface area (Å²) in [5.41, 5.74) is 6.40. The Morgan fingerprint density at radius 3 is 1.07 bits per heavy atom. The number of unbranched alkanes of at least 4 members (excludes halogenated alkanes) is 7. The van der Waals surface area contributed by atoms with E-state index in [0.717, 1.165) is 65.1 Å². The lowest BCUT2D eigenvalue weighted by Gasteiger charge is -2.32. The third kappa shape index (κ3) is 19.7. The molecule has 0 saturated heterocycles. The van der Waals surface area contributed by atoms with E-state index < -0.39 is 0 Å². The Bertz CT molecular complexity index is 2350. The molecule has 9 nitrogen and oxygen atoms in total. The zero-order chi connectivity index (χ0) is 59.5. The Labute approximate surface area is 518 Å². The number of ether oxygens (including phenoxy) is 3. The van der Waals surface area contributed by atoms with E-state index in [2.05, 4.69) is 193 Å². The lowest BCUT2D eigenvalue weighted by atomic mass is 9.71. The molecule has 0 bridgehead atoms. The predicted octanol–water partition coefficient (Wildman–Crippen LogP) is 16.3. The van der Waals surface area contributed by atoms with Gasteiger partial charge in [-0.2, -0.15) is 0 Å². The topological polar surface area (TPSA) is 47.1 Å². The van der Waals surface area contributed by atoms with Crippen molar-refractivity contribution in [3.8, 4) is 29.3 Å². The first-order valence-electron chi connectivity index (χ1n) is 32.4. The van der Waals surface area contributed by atoms with Crippen LogP contribution in [-0.2, 0) is 35.9 Å². The molecule has 0 amide bonds. The first-order chi connectivity index (χ1) is 39.1. The second-order valence-corrected chi connectivity index (χ2v) is 32.0. The Hall–Kier alpha value is -1.56. The third-order valence-corrected chi connectivity index (χ3v) is 23.4. The summed E-state index contributed by atoms with van der Waals surface area (Å²) in [5, 5.41) is 0. The maximum atomic E-state index is 6.48. The lowest BCUT2D eigenvalue weighted by Crippen LogP contribution is -2.31. The minimum absolute atomic E-state index is 0.0376. The average Bonchev–Trinajstić information content (AvgIpc) is 1.71. The van der Waals surface area contributed by atoms with Gasteiger partial charge in [-0.1, -0.05) is 93.4 Å². The van der Waals surface area contributed by atoms with Crippen molar-refractivity contribution in [3.63, 3.8) is 0 Å². The number of hydrogen-bond acceptors (Lipinski definition) is 13. The van der Waals surface area contributed by atoms with Gasteiger partial charge in [0.05, 0.1) is 13.2 Å². The quantitative estimate of drug-likeness (QED) is 0.0403. The van der Waals surface area contributed by atoms with Crippen molar-refractivity contribution >= 4 is 45.3 Å². The maximum Gasteiger partial charge on any atom is 0.0700 e. The minimum Gasteiger partial charge on any atom is -0.382 e. The van der Waals surface area contributed by atoms with Crippen molar-refractivity contribution in [3.05, 3.63) is 56.3 Å². The van der Waals surface area contributed by atoms with Crippen LogP contribution in [0.25, 0.3) is 29.3 Å². The Kier molecular flexibility index (Phi) is 28.6. The number of hydrogen-bond donors (Lipinski definition) is 0. The second kappa shape index (κ2) is 33.7. The van der Waals surface area contributed by atoms with Crippen LogP contribution in [0.4, 0.5) is 0 Å². The summed E-state index contributed by atoms with van der Waals surface area (Å²) in [6.07, 6.45) is 22.0. The highest BCUT2D eigenvalue weighted by molar-refractivity contribution is 7.29. The summed E-state index contributed by atoms with van der Waals surface area (Å²) in [5.74, 6) is 0. The highest BCUT2D eigenvalue weighted by Gasteiger charge is 2.49. The highest BCUT2D eigenvalue weighted by atomic mass is 32.1. The monoisotopic (exact) mass is 1210 g/mol. The molecule has 13 heteroatoms. The molecule has 82 heavy (non-hydrogen) atoms. The zero-order valence-corrected chi connectivity index (χ0v) is 58.5. The Morgan fingerprint density at radius 1 is 0.366 bits per heavy atom. The molecule has 0 saturated carbocycles. The molecule has 466 valence electrons. The fourth-order valence-electron chi connectivity index (χ4n) is 12.7. The standard InChI is InChI=1S/C69H118N6O3S4/c1-17-18-45-77-46-33-69(34-47-78-49-48-76-16)55-51-59(80-63(55)65-57(69)53-61(82-65)67(5,6)7)58-50-54-62(79-58)64-56(52-60(81-64)66(2,3)4)68(54,31-23-19-21-25-39-74(41-27-35-70(8)9)42-28-36-71(10)11)32-24-20-22-26-40-75(43-29-37-72(12)13)44-30-38-73(14)15/h50-53H,17-49H2,1-16H3. The molecule has 2 aliphatic rings. The number of nitrogens with zero attached hydrogens (tertiary/aromatic N) is 6. The molecule has 0 spiro atoms. The molecule has 0 aromatic carbocycles. The normalized spacial score (nSPS) is 15.9. The minimum atomic E-state index is -0.157. The Balaban J connectivity index is 1.33. The summed E-state index contributed by atoms with van der Waals surface area (Å²) in [6, 6.07) is 10.7. The van der Waals surface area contributed by atoms with Crippen LogP contribution in [0.5, 0.6) is 0 Å². The van der Waals surface area contributed by atoms with E-state index in [0.29, 0.717) is 19.8 Å². The SMILES string of the molecule is CCCCOCCC1(CCOCCOC)c2cc(-c3cc4c(s3)-c3sc(C(C)(C)C)cc3C4(CCCCCCN(CCCN(C)C)CCCN(C)C)CCCCCCN(CCCN(C)C)CCCN(C)C)sc2-c2sc(C(C)(C)C)cc21. The third-order valence-electron chi connectivity index (χ3n) is 17.5. The van der Waals surface area contributed by atoms with E-state index >= 15 is 0 Å². The molecule has 0 N–H and O–H groups in total. The van der Waals surface area contributed by atoms with Gasteiger partial charge >= 0.3 is 0 Å². The van der Waals surface area contributed by atoms with Gasteiger partial charge in [-0.3, -0.25) is 0 Å². The number of methoxy groups -OCH3 is 1. The van der Waals surface area contributed by atoms with Crippen molar-refractivity contribution in [1.29, 1.82) is 0 Å². The lowest BCUT2D eigenvalue weighted by molar-refractivity contribution is 0.0580. The molecule has 0 fully saturated rings. The van der Waals surface area contributed by atoms with Crippen molar-refractivity contribution in [1.82, 2.24) is 29.4 Å². The van der Waals surface area contributed by atoms with E-state index in [9.17, 15) is 0 Å². The van der Waals surface area contributed by atoms with Gasteiger partial charge in [-0.25, -0.2) is 0 Å². The van der Waals surface area contributed by atoms with Crippen molar-refractivity contribution in [2.45, 2.75) is 186 Å². The molecule has 6 rings (SSSR count). The maximum absolute atomic E-state index is 6.48. The van der Waals surface area contributed by atoms with Gasteiger partial charge in [0, 0.05) is 76.8 Å². The Morgan fingerprint density at radius 2 is 0.707 bits per heavy atom. The molecular weight excluding hydrogens is 1090 g/mol. The summed E-state index contributed by atoms with van der Waals surface area (Å²) in [6.45, 7) is 32.2. The van der Waals surface area contributed by atoms with Crippen molar-refractivity contribution in [2.24, 2.45) is 0 Å². The molecule has 2 aliphatic carbocycles. The first kappa shape index (κ1) is 69.5. The van der Waals surface area contributed by atoms with Crippen LogP contribution in [-0.4, -0.2) is 191 Å². The fourth-order valence-corrected chi connectivity index (χ4v) is 18.2. The van der Waals surface area contributed by atoms with Crippen LogP contribution in [0.3, 0.4) is 0 Å². The van der Waals surface area contributed by atoms with Crippen LogP contribution >= 0.6 is 45.3 Å². The molecule has 1 atom stereocenters. The summed E-state index contributed by atoms with van der Waals surface area (Å²) >= 11 is 8.36. The van der Waals surface area contributed by atoms with Gasteiger partial charge in [0.25, 0.3) is 0 Å². The first-order valence-corrected chi connectivity index (χ1v) is 35.7. The largest absolute Gasteiger partial charge is 0.382 e. The molecule has 4 aromatic heterocycles. The van der Waals surface area contributed by atoms with Gasteiger partial charge in [0.15, 0.2) is 0 Å². The molecular formula is C69H118N6O3S4. The van der Waals surface area contributed by atoms with Gasteiger partial charge in [-0.05, 0) is 250 Å². The van der Waals surface area contributed by atoms with Gasteiger partial charge in [0.2, 0.25) is 0 Å². The molecule has 0 radical (unpaired) electrons. The van der Waals surface area contributed by atoms with E-state index in [1.807, 2.05) is 11.3 Å². The van der Waals surface area contributed by atoms with Crippen LogP contribution < -0.4 is 0 Å². The molecule has 0 aliphatic heterocycles. The van der Waals surface area contributed by atoms with Crippen LogP contribution in [0.1, 0.15) is 196 Å². The second-order valence-electron chi connectivity index (χ2n) is 27.8. The number of fused-ring (bicyclic) bond motifs is 6. The van der Waals surface area contributed by atoms with Gasteiger partial charge in [-0.15, -0.1) is 45.3 Å².